The quantitative estimate of drug-likeness (QED) is 0.768. The minimum atomic E-state index is -4.73. The van der Waals surface area contributed by atoms with Crippen molar-refractivity contribution in [3.63, 3.8) is 0 Å². The van der Waals surface area contributed by atoms with Crippen molar-refractivity contribution in [2.24, 2.45) is 0 Å². The Balaban J connectivity index is 1.64. The molecule has 0 radical (unpaired) electrons. The lowest BCUT2D eigenvalue weighted by atomic mass is 10.2. The van der Waals surface area contributed by atoms with E-state index < -0.39 is 6.36 Å². The molecule has 0 fully saturated rings. The molecule has 8 heteroatoms. The predicted octanol–water partition coefficient (Wildman–Crippen LogP) is 3.39. The van der Waals surface area contributed by atoms with Crippen LogP contribution in [-0.4, -0.2) is 22.5 Å². The van der Waals surface area contributed by atoms with E-state index in [0.717, 1.165) is 5.52 Å². The standard InChI is InChI=1S/C16H12F3N3O2/c17-16(18,19)24-11-7-5-10(6-8-11)9-20-15(23)14-12-3-1-2-4-13(12)21-22-14/h1-8H,9H2,(H,20,23)(H,21,22). The second kappa shape index (κ2) is 6.23. The third kappa shape index (κ3) is 3.65. The molecule has 3 rings (SSSR count). The molecule has 24 heavy (non-hydrogen) atoms. The molecule has 0 aliphatic carbocycles. The van der Waals surface area contributed by atoms with E-state index in [1.807, 2.05) is 6.07 Å². The van der Waals surface area contributed by atoms with Crippen LogP contribution in [0.5, 0.6) is 5.75 Å². The zero-order valence-corrected chi connectivity index (χ0v) is 12.2. The Hall–Kier alpha value is -3.03. The molecule has 2 N–H and O–H groups in total. The Morgan fingerprint density at radius 3 is 2.54 bits per heavy atom. The molecule has 5 nitrogen and oxygen atoms in total. The first-order chi connectivity index (χ1) is 11.4. The maximum atomic E-state index is 12.2. The lowest BCUT2D eigenvalue weighted by Crippen LogP contribution is -2.23. The number of amides is 1. The average molecular weight is 335 g/mol. The number of nitrogens with zero attached hydrogens (tertiary/aromatic N) is 1. The van der Waals surface area contributed by atoms with Crippen molar-refractivity contribution >= 4 is 16.8 Å². The van der Waals surface area contributed by atoms with E-state index >= 15 is 0 Å². The Bertz CT molecular complexity index is 857. The number of rotatable bonds is 4. The molecule has 0 unspecified atom stereocenters. The number of alkyl halides is 3. The number of hydrogen-bond acceptors (Lipinski definition) is 3. The number of halogens is 3. The number of para-hydroxylation sites is 1. The molecule has 1 aromatic heterocycles. The molecule has 0 spiro atoms. The first-order valence-electron chi connectivity index (χ1n) is 6.98. The summed E-state index contributed by atoms with van der Waals surface area (Å²) in [6, 6.07) is 12.5. The lowest BCUT2D eigenvalue weighted by molar-refractivity contribution is -0.274. The second-order valence-electron chi connectivity index (χ2n) is 4.99. The largest absolute Gasteiger partial charge is 0.573 e. The number of nitrogens with one attached hydrogen (secondary N) is 2. The summed E-state index contributed by atoms with van der Waals surface area (Å²) in [6.45, 7) is 0.159. The molecule has 0 atom stereocenters. The molecule has 1 heterocycles. The van der Waals surface area contributed by atoms with Gasteiger partial charge >= 0.3 is 6.36 Å². The van der Waals surface area contributed by atoms with Crippen LogP contribution >= 0.6 is 0 Å². The summed E-state index contributed by atoms with van der Waals surface area (Å²) in [7, 11) is 0. The van der Waals surface area contributed by atoms with Gasteiger partial charge in [0.15, 0.2) is 5.69 Å². The minimum absolute atomic E-state index is 0.159. The molecular formula is C16H12F3N3O2. The molecule has 0 aliphatic heterocycles. The van der Waals surface area contributed by atoms with Gasteiger partial charge in [0.05, 0.1) is 5.52 Å². The van der Waals surface area contributed by atoms with Crippen LogP contribution in [0.2, 0.25) is 0 Å². The summed E-state index contributed by atoms with van der Waals surface area (Å²) in [5, 5.41) is 10.1. The maximum absolute atomic E-state index is 12.2. The molecule has 0 saturated carbocycles. The average Bonchev–Trinajstić information content (AvgIpc) is 2.96. The fraction of sp³-hybridized carbons (Fsp3) is 0.125. The smallest absolute Gasteiger partial charge is 0.406 e. The Labute approximate surface area is 134 Å². The Morgan fingerprint density at radius 1 is 1.12 bits per heavy atom. The van der Waals surface area contributed by atoms with Crippen LogP contribution in [0.15, 0.2) is 48.5 Å². The number of carbonyl (C=O) groups excluding carboxylic acids is 1. The van der Waals surface area contributed by atoms with Crippen LogP contribution in [0.4, 0.5) is 13.2 Å². The summed E-state index contributed by atoms with van der Waals surface area (Å²) in [5.74, 6) is -0.682. The number of hydrogen-bond donors (Lipinski definition) is 2. The molecular weight excluding hydrogens is 323 g/mol. The highest BCUT2D eigenvalue weighted by atomic mass is 19.4. The van der Waals surface area contributed by atoms with Crippen LogP contribution in [-0.2, 0) is 6.54 Å². The van der Waals surface area contributed by atoms with Crippen LogP contribution in [0.3, 0.4) is 0 Å². The molecule has 0 aliphatic rings. The van der Waals surface area contributed by atoms with Gasteiger partial charge in [-0.1, -0.05) is 30.3 Å². The third-order valence-corrected chi connectivity index (χ3v) is 3.30. The van der Waals surface area contributed by atoms with Crippen molar-refractivity contribution in [2.75, 3.05) is 0 Å². The molecule has 0 saturated heterocycles. The fourth-order valence-corrected chi connectivity index (χ4v) is 2.21. The van der Waals surface area contributed by atoms with E-state index in [1.54, 1.807) is 18.2 Å². The number of aromatic amines is 1. The van der Waals surface area contributed by atoms with Crippen LogP contribution < -0.4 is 10.1 Å². The van der Waals surface area contributed by atoms with E-state index in [-0.39, 0.29) is 23.9 Å². The van der Waals surface area contributed by atoms with E-state index in [1.165, 1.54) is 24.3 Å². The highest BCUT2D eigenvalue weighted by molar-refractivity contribution is 6.04. The molecule has 1 amide bonds. The van der Waals surface area contributed by atoms with Gasteiger partial charge < -0.3 is 10.1 Å². The number of ether oxygens (including phenoxy) is 1. The number of carbonyl (C=O) groups is 1. The first kappa shape index (κ1) is 15.9. The van der Waals surface area contributed by atoms with Crippen molar-refractivity contribution in [3.8, 4) is 5.75 Å². The SMILES string of the molecule is O=C(NCc1ccc(OC(F)(F)F)cc1)c1n[nH]c2ccccc12. The van der Waals surface area contributed by atoms with Crippen molar-refractivity contribution in [2.45, 2.75) is 12.9 Å². The van der Waals surface area contributed by atoms with Gasteiger partial charge in [-0.3, -0.25) is 9.89 Å². The fourth-order valence-electron chi connectivity index (χ4n) is 2.21. The van der Waals surface area contributed by atoms with E-state index in [0.29, 0.717) is 10.9 Å². The molecule has 0 bridgehead atoms. The lowest BCUT2D eigenvalue weighted by Gasteiger charge is -2.09. The van der Waals surface area contributed by atoms with E-state index in [2.05, 4.69) is 20.3 Å². The second-order valence-corrected chi connectivity index (χ2v) is 4.99. The van der Waals surface area contributed by atoms with Crippen molar-refractivity contribution in [1.82, 2.24) is 15.5 Å². The van der Waals surface area contributed by atoms with Crippen molar-refractivity contribution in [1.29, 1.82) is 0 Å². The van der Waals surface area contributed by atoms with Crippen molar-refractivity contribution < 1.29 is 22.7 Å². The van der Waals surface area contributed by atoms with Crippen LogP contribution in [0, 0.1) is 0 Å². The van der Waals surface area contributed by atoms with Crippen molar-refractivity contribution in [3.05, 3.63) is 59.8 Å². The summed E-state index contributed by atoms with van der Waals surface area (Å²) in [6.07, 6.45) is -4.73. The van der Waals surface area contributed by atoms with E-state index in [9.17, 15) is 18.0 Å². The van der Waals surface area contributed by atoms with Gasteiger partial charge in [0.25, 0.3) is 5.91 Å². The van der Waals surface area contributed by atoms with Gasteiger partial charge in [-0.15, -0.1) is 13.2 Å². The van der Waals surface area contributed by atoms with Crippen LogP contribution in [0.1, 0.15) is 16.1 Å². The number of benzene rings is 2. The zero-order valence-electron chi connectivity index (χ0n) is 12.2. The third-order valence-electron chi connectivity index (χ3n) is 3.30. The predicted molar refractivity (Wildman–Crippen MR) is 80.4 cm³/mol. The zero-order chi connectivity index (χ0) is 17.2. The normalized spacial score (nSPS) is 11.5. The maximum Gasteiger partial charge on any atom is 0.573 e. The van der Waals surface area contributed by atoms with Gasteiger partial charge in [0.1, 0.15) is 5.75 Å². The van der Waals surface area contributed by atoms with Gasteiger partial charge in [-0.05, 0) is 23.8 Å². The van der Waals surface area contributed by atoms with E-state index in [4.69, 9.17) is 0 Å². The first-order valence-corrected chi connectivity index (χ1v) is 6.98. The number of aromatic nitrogens is 2. The number of H-pyrrole nitrogens is 1. The molecule has 3 aromatic rings. The highest BCUT2D eigenvalue weighted by Crippen LogP contribution is 2.22. The summed E-state index contributed by atoms with van der Waals surface area (Å²) < 4.78 is 40.1. The van der Waals surface area contributed by atoms with Gasteiger partial charge in [0, 0.05) is 11.9 Å². The van der Waals surface area contributed by atoms with Crippen LogP contribution in [0.25, 0.3) is 10.9 Å². The minimum Gasteiger partial charge on any atom is -0.406 e. The topological polar surface area (TPSA) is 67.0 Å². The summed E-state index contributed by atoms with van der Waals surface area (Å²) in [4.78, 5) is 12.2. The van der Waals surface area contributed by atoms with Gasteiger partial charge in [-0.2, -0.15) is 5.10 Å². The molecule has 2 aromatic carbocycles. The van der Waals surface area contributed by atoms with Gasteiger partial charge in [-0.25, -0.2) is 0 Å². The molecule has 124 valence electrons. The Morgan fingerprint density at radius 2 is 1.83 bits per heavy atom. The van der Waals surface area contributed by atoms with Gasteiger partial charge in [0.2, 0.25) is 0 Å². The number of fused-ring (bicyclic) bond motifs is 1. The summed E-state index contributed by atoms with van der Waals surface area (Å²) in [5.41, 5.74) is 1.65. The monoisotopic (exact) mass is 335 g/mol. The highest BCUT2D eigenvalue weighted by Gasteiger charge is 2.30. The summed E-state index contributed by atoms with van der Waals surface area (Å²) >= 11 is 0. The Kier molecular flexibility index (Phi) is 4.11.